The second-order valence-corrected chi connectivity index (χ2v) is 16.6. The second-order valence-electron chi connectivity index (χ2n) is 14.4. The molecule has 5 nitrogen and oxygen atoms in total. The Hall–Kier alpha value is -6.93. The maximum Gasteiger partial charge on any atom is 0.237 e. The lowest BCUT2D eigenvalue weighted by atomic mass is 10.00. The van der Waals surface area contributed by atoms with Crippen LogP contribution in [0.5, 0.6) is 0 Å². The minimum absolute atomic E-state index is 0.590. The number of fused-ring (bicyclic) bond motifs is 8. The van der Waals surface area contributed by atoms with Crippen molar-refractivity contribution in [2.45, 2.75) is 19.6 Å². The standard InChI is InChI=1S/C51H31N5S2/c1-4-15-33(16-5-1)47-48-50(55(37-19-8-3-9-20-37)49(52-48)34-17-6-2-7-18-34)54-51(53-47)56-40-27-25-35(30-39(40)46-38-21-11-10-14-32(38)24-28-41(46)56)36-26-29-44-45(31-36)58-43-23-13-12-22-42(43)57-44/h1-31H. The Morgan fingerprint density at radius 3 is 1.81 bits per heavy atom. The largest absolute Gasteiger partial charge is 0.278 e. The van der Waals surface area contributed by atoms with Gasteiger partial charge in [0, 0.05) is 47.2 Å². The van der Waals surface area contributed by atoms with Crippen molar-refractivity contribution in [2.75, 3.05) is 0 Å². The smallest absolute Gasteiger partial charge is 0.237 e. The van der Waals surface area contributed by atoms with Crippen LogP contribution in [0.3, 0.4) is 0 Å². The van der Waals surface area contributed by atoms with E-state index >= 15 is 0 Å². The summed E-state index contributed by atoms with van der Waals surface area (Å²) in [5.41, 5.74) is 9.69. The molecule has 0 aliphatic carbocycles. The van der Waals surface area contributed by atoms with E-state index in [1.165, 1.54) is 46.9 Å². The van der Waals surface area contributed by atoms with Gasteiger partial charge >= 0.3 is 0 Å². The van der Waals surface area contributed by atoms with Crippen molar-refractivity contribution in [2.24, 2.45) is 0 Å². The fourth-order valence-electron chi connectivity index (χ4n) is 8.34. The molecule has 0 saturated carbocycles. The van der Waals surface area contributed by atoms with E-state index in [1.807, 2.05) is 41.7 Å². The zero-order valence-electron chi connectivity index (χ0n) is 31.0. The molecule has 0 spiro atoms. The number of rotatable bonds is 5. The van der Waals surface area contributed by atoms with Crippen molar-refractivity contribution >= 4 is 67.3 Å². The molecule has 4 heterocycles. The van der Waals surface area contributed by atoms with E-state index in [-0.39, 0.29) is 0 Å². The van der Waals surface area contributed by atoms with Crippen LogP contribution < -0.4 is 0 Å². The summed E-state index contributed by atoms with van der Waals surface area (Å²) in [5, 5.41) is 4.72. The average Bonchev–Trinajstić information content (AvgIpc) is 3.85. The molecule has 58 heavy (non-hydrogen) atoms. The van der Waals surface area contributed by atoms with Gasteiger partial charge in [0.1, 0.15) is 17.0 Å². The molecular formula is C51H31N5S2. The zero-order chi connectivity index (χ0) is 38.2. The number of nitrogens with zero attached hydrogens (tertiary/aromatic N) is 5. The van der Waals surface area contributed by atoms with E-state index in [4.69, 9.17) is 15.0 Å². The Bertz CT molecular complexity index is 3390. The first-order valence-electron chi connectivity index (χ1n) is 19.3. The van der Waals surface area contributed by atoms with Crippen LogP contribution in [0.2, 0.25) is 0 Å². The summed E-state index contributed by atoms with van der Waals surface area (Å²) in [4.78, 5) is 21.5. The molecule has 12 rings (SSSR count). The summed E-state index contributed by atoms with van der Waals surface area (Å²) in [7, 11) is 0. The third-order valence-electron chi connectivity index (χ3n) is 11.0. The van der Waals surface area contributed by atoms with Gasteiger partial charge < -0.3 is 0 Å². The summed E-state index contributed by atoms with van der Waals surface area (Å²) >= 11 is 3.70. The Morgan fingerprint density at radius 1 is 0.397 bits per heavy atom. The highest BCUT2D eigenvalue weighted by Gasteiger charge is 2.25. The van der Waals surface area contributed by atoms with E-state index < -0.39 is 0 Å². The van der Waals surface area contributed by atoms with Crippen LogP contribution in [-0.2, 0) is 0 Å². The number of hydrogen-bond acceptors (Lipinski definition) is 5. The van der Waals surface area contributed by atoms with Crippen LogP contribution >= 0.6 is 23.5 Å². The van der Waals surface area contributed by atoms with Crippen LogP contribution in [0.25, 0.3) is 89.2 Å². The summed E-state index contributed by atoms with van der Waals surface area (Å²) in [6.45, 7) is 0. The lowest BCUT2D eigenvalue weighted by Gasteiger charge is -2.19. The van der Waals surface area contributed by atoms with E-state index in [0.717, 1.165) is 55.9 Å². The van der Waals surface area contributed by atoms with Crippen LogP contribution in [0.1, 0.15) is 0 Å². The van der Waals surface area contributed by atoms with Gasteiger partial charge in [-0.1, -0.05) is 157 Å². The summed E-state index contributed by atoms with van der Waals surface area (Å²) in [6.07, 6.45) is 0. The maximum atomic E-state index is 5.50. The molecule has 0 N–H and O–H groups in total. The Kier molecular flexibility index (Phi) is 7.64. The predicted molar refractivity (Wildman–Crippen MR) is 240 cm³/mol. The SMILES string of the molecule is c1ccc(-c2nc(-n3c4ccc(-c5ccc6c(c5)Sc5ccccc5S6)cc4c4c5ccccc5ccc43)nc3c2nc(-c2ccccc2)n3-c2ccccc2)cc1. The molecule has 0 bridgehead atoms. The van der Waals surface area contributed by atoms with Crippen molar-refractivity contribution in [3.05, 3.63) is 188 Å². The van der Waals surface area contributed by atoms with Gasteiger partial charge in [0.25, 0.3) is 0 Å². The van der Waals surface area contributed by atoms with Gasteiger partial charge in [-0.3, -0.25) is 9.13 Å². The van der Waals surface area contributed by atoms with E-state index in [2.05, 4.69) is 179 Å². The lowest BCUT2D eigenvalue weighted by molar-refractivity contribution is 0.990. The van der Waals surface area contributed by atoms with Crippen molar-refractivity contribution in [1.82, 2.24) is 24.1 Å². The molecule has 3 aromatic heterocycles. The molecule has 0 radical (unpaired) electrons. The van der Waals surface area contributed by atoms with E-state index in [9.17, 15) is 0 Å². The molecule has 272 valence electrons. The van der Waals surface area contributed by atoms with Gasteiger partial charge in [-0.25, -0.2) is 9.97 Å². The monoisotopic (exact) mass is 777 g/mol. The van der Waals surface area contributed by atoms with Crippen molar-refractivity contribution in [1.29, 1.82) is 0 Å². The van der Waals surface area contributed by atoms with Crippen molar-refractivity contribution in [3.8, 4) is 45.4 Å². The molecule has 0 amide bonds. The minimum atomic E-state index is 0.590. The zero-order valence-corrected chi connectivity index (χ0v) is 32.6. The third-order valence-corrected chi connectivity index (χ3v) is 13.6. The molecule has 1 aliphatic rings. The molecule has 8 aromatic carbocycles. The number of hydrogen-bond donors (Lipinski definition) is 0. The van der Waals surface area contributed by atoms with E-state index in [1.54, 1.807) is 0 Å². The third kappa shape index (κ3) is 5.31. The van der Waals surface area contributed by atoms with Crippen LogP contribution in [0, 0.1) is 0 Å². The molecule has 0 saturated heterocycles. The molecule has 1 aliphatic heterocycles. The molecular weight excluding hydrogens is 747 g/mol. The quantitative estimate of drug-likeness (QED) is 0.174. The first-order chi connectivity index (χ1) is 28.7. The van der Waals surface area contributed by atoms with Crippen LogP contribution in [-0.4, -0.2) is 24.1 Å². The summed E-state index contributed by atoms with van der Waals surface area (Å²) < 4.78 is 4.42. The average molecular weight is 778 g/mol. The lowest BCUT2D eigenvalue weighted by Crippen LogP contribution is -2.05. The number of para-hydroxylation sites is 1. The molecule has 0 fully saturated rings. The van der Waals surface area contributed by atoms with E-state index in [0.29, 0.717) is 5.95 Å². The van der Waals surface area contributed by atoms with Gasteiger partial charge in [0.2, 0.25) is 5.95 Å². The van der Waals surface area contributed by atoms with Gasteiger partial charge in [0.15, 0.2) is 5.65 Å². The van der Waals surface area contributed by atoms with Gasteiger partial charge in [-0.2, -0.15) is 4.98 Å². The predicted octanol–water partition coefficient (Wildman–Crippen LogP) is 13.7. The number of aromatic nitrogens is 5. The number of benzene rings is 8. The van der Waals surface area contributed by atoms with Gasteiger partial charge in [-0.05, 0) is 76.5 Å². The first-order valence-corrected chi connectivity index (χ1v) is 20.9. The van der Waals surface area contributed by atoms with Crippen LogP contribution in [0.15, 0.2) is 208 Å². The number of imidazole rings is 1. The Morgan fingerprint density at radius 2 is 1.02 bits per heavy atom. The Labute approximate surface area is 342 Å². The van der Waals surface area contributed by atoms with Gasteiger partial charge in [0.05, 0.1) is 11.0 Å². The maximum absolute atomic E-state index is 5.50. The summed E-state index contributed by atoms with van der Waals surface area (Å²) in [6, 6.07) is 66.6. The fraction of sp³-hybridized carbons (Fsp3) is 0. The minimum Gasteiger partial charge on any atom is -0.278 e. The first kappa shape index (κ1) is 33.2. The van der Waals surface area contributed by atoms with Crippen LogP contribution in [0.4, 0.5) is 0 Å². The Balaban J connectivity index is 1.13. The normalized spacial score (nSPS) is 12.3. The van der Waals surface area contributed by atoms with Gasteiger partial charge in [-0.15, -0.1) is 0 Å². The highest BCUT2D eigenvalue weighted by atomic mass is 32.2. The molecule has 7 heteroatoms. The van der Waals surface area contributed by atoms with Crippen molar-refractivity contribution in [3.63, 3.8) is 0 Å². The molecule has 0 atom stereocenters. The second kappa shape index (κ2) is 13.3. The summed E-state index contributed by atoms with van der Waals surface area (Å²) in [5.74, 6) is 1.40. The topological polar surface area (TPSA) is 48.5 Å². The fourth-order valence-corrected chi connectivity index (χ4v) is 10.6. The molecule has 11 aromatic rings. The highest BCUT2D eigenvalue weighted by Crippen LogP contribution is 2.49. The van der Waals surface area contributed by atoms with Crippen molar-refractivity contribution < 1.29 is 0 Å². The highest BCUT2D eigenvalue weighted by molar-refractivity contribution is 8.05. The molecule has 0 unspecified atom stereocenters.